The third-order valence-corrected chi connectivity index (χ3v) is 5.56. The molecule has 2 heterocycles. The van der Waals surface area contributed by atoms with E-state index in [1.807, 2.05) is 0 Å². The molecule has 9 nitrogen and oxygen atoms in total. The standard InChI is InChI=1S/C20H16FN2O7P/c21-12-5-3-11(4-6-12)10-23-19(25)14-15(20(23)26)18(30-8-9-31(27,28)29)13-2-1-7-22-16(13)17(14)24/h1-7,24H,8-10H2,(H2,27,28,29). The molecule has 11 heteroatoms. The average Bonchev–Trinajstić information content (AvgIpc) is 2.96. The Balaban J connectivity index is 1.80. The first-order chi connectivity index (χ1) is 14.7. The van der Waals surface area contributed by atoms with Crippen molar-refractivity contribution in [3.05, 3.63) is 65.1 Å². The lowest BCUT2D eigenvalue weighted by molar-refractivity contribution is 0.0640. The van der Waals surface area contributed by atoms with E-state index in [4.69, 9.17) is 14.5 Å². The number of halogens is 1. The highest BCUT2D eigenvalue weighted by Crippen LogP contribution is 2.44. The van der Waals surface area contributed by atoms with Crippen molar-refractivity contribution in [3.8, 4) is 11.5 Å². The SMILES string of the molecule is O=C1c2c(c(O)c3ncccc3c2OCCP(=O)(O)O)C(=O)N1Cc1ccc(F)cc1. The minimum Gasteiger partial charge on any atom is -0.505 e. The first kappa shape index (κ1) is 20.9. The zero-order valence-electron chi connectivity index (χ0n) is 15.9. The van der Waals surface area contributed by atoms with Gasteiger partial charge in [0.05, 0.1) is 24.9 Å². The molecule has 0 saturated heterocycles. The monoisotopic (exact) mass is 446 g/mol. The molecule has 0 radical (unpaired) electrons. The summed E-state index contributed by atoms with van der Waals surface area (Å²) >= 11 is 0. The van der Waals surface area contributed by atoms with Crippen molar-refractivity contribution in [2.45, 2.75) is 6.54 Å². The number of pyridine rings is 1. The normalized spacial score (nSPS) is 13.7. The topological polar surface area (TPSA) is 137 Å². The first-order valence-corrected chi connectivity index (χ1v) is 10.9. The molecule has 31 heavy (non-hydrogen) atoms. The van der Waals surface area contributed by atoms with Gasteiger partial charge in [-0.3, -0.25) is 24.0 Å². The zero-order valence-corrected chi connectivity index (χ0v) is 16.8. The fraction of sp³-hybridized carbons (Fsp3) is 0.150. The van der Waals surface area contributed by atoms with Crippen LogP contribution in [0, 0.1) is 5.82 Å². The molecule has 1 aromatic heterocycles. The summed E-state index contributed by atoms with van der Waals surface area (Å²) in [6.45, 7) is -0.595. The van der Waals surface area contributed by atoms with Gasteiger partial charge in [-0.1, -0.05) is 12.1 Å². The van der Waals surface area contributed by atoms with Crippen molar-refractivity contribution in [1.82, 2.24) is 9.88 Å². The van der Waals surface area contributed by atoms with Crippen LogP contribution in [-0.4, -0.2) is 49.4 Å². The van der Waals surface area contributed by atoms with Crippen LogP contribution in [0.3, 0.4) is 0 Å². The van der Waals surface area contributed by atoms with Crippen LogP contribution in [0.2, 0.25) is 0 Å². The number of hydrogen-bond donors (Lipinski definition) is 3. The predicted molar refractivity (Wildman–Crippen MR) is 106 cm³/mol. The van der Waals surface area contributed by atoms with Gasteiger partial charge in [-0.25, -0.2) is 4.39 Å². The number of ether oxygens (including phenoxy) is 1. The third-order valence-electron chi connectivity index (χ3n) is 4.79. The Labute approximate surface area is 174 Å². The number of nitrogens with zero attached hydrogens (tertiary/aromatic N) is 2. The van der Waals surface area contributed by atoms with E-state index >= 15 is 0 Å². The minimum absolute atomic E-state index is 0.0113. The van der Waals surface area contributed by atoms with Crippen LogP contribution in [0.5, 0.6) is 11.5 Å². The lowest BCUT2D eigenvalue weighted by atomic mass is 10.0. The summed E-state index contributed by atoms with van der Waals surface area (Å²) in [5.41, 5.74) is -0.0143. The number of aromatic nitrogens is 1. The maximum atomic E-state index is 13.2. The molecule has 0 bridgehead atoms. The van der Waals surface area contributed by atoms with E-state index in [0.717, 1.165) is 4.90 Å². The molecule has 0 atom stereocenters. The molecule has 0 spiro atoms. The summed E-state index contributed by atoms with van der Waals surface area (Å²) in [6.07, 6.45) is 0.775. The number of carbonyl (C=O) groups is 2. The second-order valence-corrected chi connectivity index (χ2v) is 8.66. The molecule has 1 aliphatic heterocycles. The molecule has 0 saturated carbocycles. The van der Waals surface area contributed by atoms with Crippen LogP contribution in [0.25, 0.3) is 10.9 Å². The van der Waals surface area contributed by atoms with E-state index in [2.05, 4.69) is 4.98 Å². The van der Waals surface area contributed by atoms with E-state index in [9.17, 15) is 23.7 Å². The molecule has 2 aromatic carbocycles. The number of amides is 2. The Bertz CT molecular complexity index is 1260. The Morgan fingerprint density at radius 1 is 1.06 bits per heavy atom. The quantitative estimate of drug-likeness (QED) is 0.388. The number of benzene rings is 2. The molecular formula is C20H16FN2O7P. The lowest BCUT2D eigenvalue weighted by Crippen LogP contribution is -2.29. The fourth-order valence-corrected chi connectivity index (χ4v) is 3.70. The average molecular weight is 446 g/mol. The van der Waals surface area contributed by atoms with Crippen molar-refractivity contribution in [1.29, 1.82) is 0 Å². The molecule has 0 fully saturated rings. The van der Waals surface area contributed by atoms with Gasteiger partial charge in [0.1, 0.15) is 22.6 Å². The van der Waals surface area contributed by atoms with E-state index in [-0.39, 0.29) is 34.3 Å². The maximum absolute atomic E-state index is 13.2. The van der Waals surface area contributed by atoms with Crippen molar-refractivity contribution in [2.75, 3.05) is 12.8 Å². The number of fused-ring (bicyclic) bond motifs is 2. The van der Waals surface area contributed by atoms with Gasteiger partial charge >= 0.3 is 7.60 Å². The van der Waals surface area contributed by atoms with Crippen LogP contribution in [0.4, 0.5) is 4.39 Å². The van der Waals surface area contributed by atoms with Crippen molar-refractivity contribution in [2.24, 2.45) is 0 Å². The largest absolute Gasteiger partial charge is 0.505 e. The van der Waals surface area contributed by atoms with E-state index in [1.165, 1.54) is 42.6 Å². The van der Waals surface area contributed by atoms with Gasteiger partial charge in [-0.15, -0.1) is 0 Å². The zero-order chi connectivity index (χ0) is 22.3. The summed E-state index contributed by atoms with van der Waals surface area (Å²) in [5.74, 6) is -2.59. The van der Waals surface area contributed by atoms with Crippen molar-refractivity contribution >= 4 is 30.3 Å². The van der Waals surface area contributed by atoms with Crippen LogP contribution in [-0.2, 0) is 11.1 Å². The lowest BCUT2D eigenvalue weighted by Gasteiger charge is -2.15. The Hall–Kier alpha value is -3.33. The van der Waals surface area contributed by atoms with Gasteiger partial charge in [0.2, 0.25) is 0 Å². The first-order valence-electron chi connectivity index (χ1n) is 9.09. The highest BCUT2D eigenvalue weighted by molar-refractivity contribution is 7.51. The number of imide groups is 1. The van der Waals surface area contributed by atoms with Gasteiger partial charge in [-0.2, -0.15) is 0 Å². The van der Waals surface area contributed by atoms with Gasteiger partial charge < -0.3 is 19.6 Å². The fourth-order valence-electron chi connectivity index (χ4n) is 3.37. The maximum Gasteiger partial charge on any atom is 0.328 e. The molecule has 3 N–H and O–H groups in total. The molecule has 1 aliphatic rings. The number of aromatic hydroxyl groups is 1. The van der Waals surface area contributed by atoms with Crippen LogP contribution < -0.4 is 4.74 Å². The number of phenols is 1. The number of hydrogen-bond acceptors (Lipinski definition) is 6. The summed E-state index contributed by atoms with van der Waals surface area (Å²) < 4.78 is 29.9. The predicted octanol–water partition coefficient (Wildman–Crippen LogP) is 2.43. The van der Waals surface area contributed by atoms with Gasteiger partial charge in [0.15, 0.2) is 5.75 Å². The highest BCUT2D eigenvalue weighted by Gasteiger charge is 2.42. The van der Waals surface area contributed by atoms with Crippen molar-refractivity contribution in [3.63, 3.8) is 0 Å². The molecule has 3 aromatic rings. The van der Waals surface area contributed by atoms with Gasteiger partial charge in [0.25, 0.3) is 11.8 Å². The molecule has 2 amide bonds. The van der Waals surface area contributed by atoms with Crippen LogP contribution >= 0.6 is 7.60 Å². The van der Waals surface area contributed by atoms with Crippen LogP contribution in [0.1, 0.15) is 26.3 Å². The molecule has 160 valence electrons. The van der Waals surface area contributed by atoms with Crippen LogP contribution in [0.15, 0.2) is 42.6 Å². The summed E-state index contributed by atoms with van der Waals surface area (Å²) in [7, 11) is -4.36. The Morgan fingerprint density at radius 3 is 2.42 bits per heavy atom. The summed E-state index contributed by atoms with van der Waals surface area (Å²) in [4.78, 5) is 49.2. The summed E-state index contributed by atoms with van der Waals surface area (Å²) in [5, 5.41) is 10.9. The molecule has 4 rings (SSSR count). The minimum atomic E-state index is -4.36. The number of rotatable bonds is 6. The van der Waals surface area contributed by atoms with Gasteiger partial charge in [0, 0.05) is 11.6 Å². The summed E-state index contributed by atoms with van der Waals surface area (Å²) in [6, 6.07) is 8.28. The van der Waals surface area contributed by atoms with Crippen molar-refractivity contribution < 1.29 is 38.2 Å². The third kappa shape index (κ3) is 3.88. The van der Waals surface area contributed by atoms with Gasteiger partial charge in [-0.05, 0) is 29.8 Å². The van der Waals surface area contributed by atoms with E-state index in [0.29, 0.717) is 5.56 Å². The second-order valence-electron chi connectivity index (χ2n) is 6.89. The highest BCUT2D eigenvalue weighted by atomic mass is 31.2. The Morgan fingerprint density at radius 2 is 1.74 bits per heavy atom. The second kappa shape index (κ2) is 7.73. The smallest absolute Gasteiger partial charge is 0.328 e. The number of phenolic OH excluding ortho intramolecular Hbond substituents is 1. The molecular weight excluding hydrogens is 430 g/mol. The van der Waals surface area contributed by atoms with E-state index < -0.39 is 43.7 Å². The molecule has 0 unspecified atom stereocenters. The Kier molecular flexibility index (Phi) is 5.22. The number of carbonyl (C=O) groups excluding carboxylic acids is 2. The molecule has 0 aliphatic carbocycles. The van der Waals surface area contributed by atoms with E-state index in [1.54, 1.807) is 0 Å².